The Kier molecular flexibility index (Phi) is 6.65. The van der Waals surface area contributed by atoms with Gasteiger partial charge in [-0.15, -0.1) is 10.2 Å². The molecular formula is C22H19Cl2N5O4S. The maximum atomic E-state index is 13.5. The number of rotatable bonds is 7. The van der Waals surface area contributed by atoms with E-state index in [1.165, 1.54) is 30.9 Å². The van der Waals surface area contributed by atoms with Gasteiger partial charge in [-0.1, -0.05) is 23.2 Å². The highest BCUT2D eigenvalue weighted by molar-refractivity contribution is 7.92. The normalized spacial score (nSPS) is 11.3. The van der Waals surface area contributed by atoms with Gasteiger partial charge in [0.1, 0.15) is 11.4 Å². The van der Waals surface area contributed by atoms with Crippen LogP contribution in [0, 0.1) is 6.92 Å². The zero-order valence-electron chi connectivity index (χ0n) is 18.3. The minimum absolute atomic E-state index is 0.186. The highest BCUT2D eigenvalue weighted by Crippen LogP contribution is 2.41. The minimum Gasteiger partial charge on any atom is -0.494 e. The first-order chi connectivity index (χ1) is 16.2. The Bertz CT molecular complexity index is 1460. The Morgan fingerprint density at radius 2 is 1.71 bits per heavy atom. The predicted molar refractivity (Wildman–Crippen MR) is 130 cm³/mol. The first-order valence-electron chi connectivity index (χ1n) is 9.82. The molecule has 0 saturated heterocycles. The average molecular weight is 520 g/mol. The summed E-state index contributed by atoms with van der Waals surface area (Å²) in [6, 6.07) is 11.2. The molecular weight excluding hydrogens is 501 g/mol. The van der Waals surface area contributed by atoms with Crippen LogP contribution in [-0.4, -0.2) is 42.4 Å². The lowest BCUT2D eigenvalue weighted by Gasteiger charge is -2.18. The highest BCUT2D eigenvalue weighted by Gasteiger charge is 2.31. The van der Waals surface area contributed by atoms with Gasteiger partial charge in [-0.2, -0.15) is 8.42 Å². The zero-order valence-corrected chi connectivity index (χ0v) is 20.6. The summed E-state index contributed by atoms with van der Waals surface area (Å²) in [6.07, 6.45) is 3.23. The fraction of sp³-hybridized carbons (Fsp3) is 0.136. The van der Waals surface area contributed by atoms with Gasteiger partial charge in [-0.3, -0.25) is 14.3 Å². The lowest BCUT2D eigenvalue weighted by molar-refractivity contribution is 0.390. The lowest BCUT2D eigenvalue weighted by Crippen LogP contribution is -2.19. The second-order valence-electron chi connectivity index (χ2n) is 7.14. The molecule has 0 fully saturated rings. The summed E-state index contributed by atoms with van der Waals surface area (Å²) in [7, 11) is -1.38. The molecule has 9 nitrogen and oxygen atoms in total. The number of benzene rings is 2. The molecule has 34 heavy (non-hydrogen) atoms. The zero-order chi connectivity index (χ0) is 24.5. The van der Waals surface area contributed by atoms with Crippen LogP contribution in [0.25, 0.3) is 17.1 Å². The monoisotopic (exact) mass is 519 g/mol. The molecule has 2 aromatic heterocycles. The number of ether oxygens (including phenoxy) is 2. The molecule has 2 aromatic carbocycles. The van der Waals surface area contributed by atoms with Crippen molar-refractivity contribution in [2.75, 3.05) is 18.9 Å². The Morgan fingerprint density at radius 1 is 0.971 bits per heavy atom. The van der Waals surface area contributed by atoms with Crippen LogP contribution in [-0.2, 0) is 10.0 Å². The molecule has 0 spiro atoms. The number of aryl methyl sites for hydroxylation is 1. The van der Waals surface area contributed by atoms with Crippen molar-refractivity contribution in [1.29, 1.82) is 0 Å². The van der Waals surface area contributed by atoms with E-state index in [0.717, 1.165) is 5.56 Å². The summed E-state index contributed by atoms with van der Waals surface area (Å²) in [5.41, 5.74) is 1.89. The molecule has 0 radical (unpaired) electrons. The van der Waals surface area contributed by atoms with Crippen molar-refractivity contribution in [3.8, 4) is 28.6 Å². The van der Waals surface area contributed by atoms with Gasteiger partial charge in [-0.05, 0) is 55.0 Å². The summed E-state index contributed by atoms with van der Waals surface area (Å²) in [4.78, 5) is 4.20. The van der Waals surface area contributed by atoms with Crippen molar-refractivity contribution in [3.05, 3.63) is 70.5 Å². The van der Waals surface area contributed by atoms with E-state index in [1.54, 1.807) is 42.7 Å². The van der Waals surface area contributed by atoms with E-state index in [4.69, 9.17) is 32.7 Å². The summed E-state index contributed by atoms with van der Waals surface area (Å²) in [5, 5.41) is 8.51. The van der Waals surface area contributed by atoms with Crippen LogP contribution in [0.15, 0.2) is 60.0 Å². The third kappa shape index (κ3) is 4.52. The van der Waals surface area contributed by atoms with E-state index in [0.29, 0.717) is 22.0 Å². The molecule has 12 heteroatoms. The Labute approximate surface area is 206 Å². The number of halogens is 2. The number of hydrogen-bond donors (Lipinski definition) is 1. The first-order valence-corrected chi connectivity index (χ1v) is 12.1. The fourth-order valence-electron chi connectivity index (χ4n) is 3.33. The summed E-state index contributed by atoms with van der Waals surface area (Å²) in [6.45, 7) is 1.86. The van der Waals surface area contributed by atoms with Crippen molar-refractivity contribution in [2.45, 2.75) is 12.1 Å². The average Bonchev–Trinajstić information content (AvgIpc) is 3.26. The van der Waals surface area contributed by atoms with Gasteiger partial charge in [-0.25, -0.2) is 0 Å². The van der Waals surface area contributed by atoms with E-state index in [2.05, 4.69) is 19.9 Å². The molecule has 0 aliphatic rings. The van der Waals surface area contributed by atoms with Gasteiger partial charge in [0.2, 0.25) is 0 Å². The third-order valence-electron chi connectivity index (χ3n) is 4.80. The van der Waals surface area contributed by atoms with Crippen LogP contribution in [0.1, 0.15) is 5.56 Å². The molecule has 0 unspecified atom stereocenters. The minimum atomic E-state index is -4.24. The topological polar surface area (TPSA) is 108 Å². The van der Waals surface area contributed by atoms with Crippen molar-refractivity contribution in [3.63, 3.8) is 0 Å². The van der Waals surface area contributed by atoms with Crippen molar-refractivity contribution < 1.29 is 17.9 Å². The van der Waals surface area contributed by atoms with E-state index < -0.39 is 15.2 Å². The Hall–Kier alpha value is -3.34. The van der Waals surface area contributed by atoms with Crippen LogP contribution in [0.5, 0.6) is 11.5 Å². The van der Waals surface area contributed by atoms with Gasteiger partial charge >= 0.3 is 0 Å². The van der Waals surface area contributed by atoms with Gasteiger partial charge < -0.3 is 9.47 Å². The van der Waals surface area contributed by atoms with Gasteiger partial charge in [0.25, 0.3) is 15.2 Å². The van der Waals surface area contributed by atoms with Crippen LogP contribution >= 0.6 is 23.2 Å². The molecule has 176 valence electrons. The van der Waals surface area contributed by atoms with Crippen LogP contribution < -0.4 is 14.2 Å². The maximum Gasteiger partial charge on any atom is 0.298 e. The summed E-state index contributed by atoms with van der Waals surface area (Å²) < 4.78 is 41.8. The number of sulfonamides is 1. The fourth-order valence-corrected chi connectivity index (χ4v) is 4.79. The molecule has 4 rings (SSSR count). The number of methoxy groups -OCH3 is 2. The van der Waals surface area contributed by atoms with E-state index in [-0.39, 0.29) is 22.3 Å². The molecule has 0 bridgehead atoms. The number of anilines is 1. The maximum absolute atomic E-state index is 13.5. The van der Waals surface area contributed by atoms with Crippen molar-refractivity contribution in [1.82, 2.24) is 19.7 Å². The molecule has 1 N–H and O–H groups in total. The lowest BCUT2D eigenvalue weighted by atomic mass is 10.2. The van der Waals surface area contributed by atoms with E-state index in [9.17, 15) is 8.42 Å². The third-order valence-corrected chi connectivity index (χ3v) is 6.60. The van der Waals surface area contributed by atoms with Gasteiger partial charge in [0, 0.05) is 28.7 Å². The quantitative estimate of drug-likeness (QED) is 0.374. The molecule has 0 aliphatic heterocycles. The molecule has 4 aromatic rings. The molecule has 0 saturated carbocycles. The molecule has 0 aliphatic carbocycles. The van der Waals surface area contributed by atoms with Crippen LogP contribution in [0.3, 0.4) is 0 Å². The van der Waals surface area contributed by atoms with Gasteiger partial charge in [0.15, 0.2) is 11.6 Å². The number of hydrogen-bond acceptors (Lipinski definition) is 7. The smallest absolute Gasteiger partial charge is 0.298 e. The number of nitrogens with one attached hydrogen (secondary N) is 1. The predicted octanol–water partition coefficient (Wildman–Crippen LogP) is 4.76. The Morgan fingerprint density at radius 3 is 2.35 bits per heavy atom. The summed E-state index contributed by atoms with van der Waals surface area (Å²) >= 11 is 12.3. The second kappa shape index (κ2) is 9.49. The standard InChI is InChI=1S/C22H19Cl2N5O4S/c1-13-10-14(12-25-11-13)21-26-27-22(34(30,31)28-16-6-4-15(23)5-7-16)29(21)19-18(32-2)9-8-17(24)20(19)33-3/h4-12,28H,1-3H3. The van der Waals surface area contributed by atoms with E-state index in [1.807, 2.05) is 6.92 Å². The largest absolute Gasteiger partial charge is 0.494 e. The number of pyridine rings is 1. The first kappa shape index (κ1) is 23.8. The highest BCUT2D eigenvalue weighted by atomic mass is 35.5. The molecule has 0 atom stereocenters. The second-order valence-corrected chi connectivity index (χ2v) is 9.56. The van der Waals surface area contributed by atoms with E-state index >= 15 is 0 Å². The summed E-state index contributed by atoms with van der Waals surface area (Å²) in [5.74, 6) is 0.683. The van der Waals surface area contributed by atoms with Gasteiger partial charge in [0.05, 0.1) is 19.2 Å². The Balaban J connectivity index is 2.01. The van der Waals surface area contributed by atoms with Crippen molar-refractivity contribution >= 4 is 38.9 Å². The van der Waals surface area contributed by atoms with Crippen LogP contribution in [0.4, 0.5) is 5.69 Å². The number of aromatic nitrogens is 4. The van der Waals surface area contributed by atoms with Crippen molar-refractivity contribution in [2.24, 2.45) is 0 Å². The molecule has 2 heterocycles. The van der Waals surface area contributed by atoms with Crippen LogP contribution in [0.2, 0.25) is 10.0 Å². The molecule has 0 amide bonds. The number of nitrogens with zero attached hydrogens (tertiary/aromatic N) is 4. The SMILES string of the molecule is COc1ccc(Cl)c(OC)c1-n1c(-c2cncc(C)c2)nnc1S(=O)(=O)Nc1ccc(Cl)cc1.